The van der Waals surface area contributed by atoms with Crippen molar-refractivity contribution in [2.75, 3.05) is 33.8 Å². The molecular weight excluding hydrogens is 513 g/mol. The largest absolute Gasteiger partial charge is 0.496 e. The van der Waals surface area contributed by atoms with Crippen molar-refractivity contribution < 1.29 is 4.74 Å². The Kier molecular flexibility index (Phi) is 9.11. The highest BCUT2D eigenvalue weighted by Crippen LogP contribution is 2.31. The smallest absolute Gasteiger partial charge is 0.191 e. The summed E-state index contributed by atoms with van der Waals surface area (Å²) in [4.78, 5) is 11.5. The van der Waals surface area contributed by atoms with E-state index < -0.39 is 0 Å². The molecule has 7 heteroatoms. The summed E-state index contributed by atoms with van der Waals surface area (Å²) in [6.07, 6.45) is 4.33. The Balaban J connectivity index is 0.00000289. The topological polar surface area (TPSA) is 61.8 Å². The molecule has 0 radical (unpaired) electrons. The molecule has 1 aliphatic rings. The molecule has 1 unspecified atom stereocenters. The fourth-order valence-electron chi connectivity index (χ4n) is 4.33. The molecule has 2 aromatic carbocycles. The van der Waals surface area contributed by atoms with Gasteiger partial charge in [0.2, 0.25) is 0 Å². The van der Waals surface area contributed by atoms with Crippen LogP contribution in [0.1, 0.15) is 30.0 Å². The minimum atomic E-state index is 0. The Labute approximate surface area is 207 Å². The summed E-state index contributed by atoms with van der Waals surface area (Å²) in [5.74, 6) is 1.72. The number of benzene rings is 2. The highest BCUT2D eigenvalue weighted by molar-refractivity contribution is 14.0. The van der Waals surface area contributed by atoms with E-state index in [1.165, 1.54) is 18.4 Å². The van der Waals surface area contributed by atoms with Gasteiger partial charge in [-0.2, -0.15) is 0 Å². The number of aromatic nitrogens is 1. The Morgan fingerprint density at radius 2 is 1.84 bits per heavy atom. The minimum absolute atomic E-state index is 0. The number of likely N-dealkylation sites (tertiary alicyclic amines) is 1. The van der Waals surface area contributed by atoms with Gasteiger partial charge in [0, 0.05) is 37.3 Å². The number of nitrogens with one attached hydrogen (secondary N) is 2. The van der Waals surface area contributed by atoms with E-state index >= 15 is 0 Å². The highest BCUT2D eigenvalue weighted by atomic mass is 127. The number of fused-ring (bicyclic) bond motifs is 1. The molecule has 3 aromatic rings. The zero-order chi connectivity index (χ0) is 21.5. The zero-order valence-electron chi connectivity index (χ0n) is 18.8. The summed E-state index contributed by atoms with van der Waals surface area (Å²) in [7, 11) is 3.55. The van der Waals surface area contributed by atoms with Crippen LogP contribution in [0, 0.1) is 0 Å². The Hall–Kier alpha value is -2.39. The van der Waals surface area contributed by atoms with Crippen molar-refractivity contribution in [3.05, 3.63) is 71.9 Å². The van der Waals surface area contributed by atoms with Crippen molar-refractivity contribution in [2.24, 2.45) is 4.99 Å². The number of pyridine rings is 1. The first kappa shape index (κ1) is 24.3. The van der Waals surface area contributed by atoms with Crippen LogP contribution < -0.4 is 15.4 Å². The van der Waals surface area contributed by atoms with Crippen LogP contribution in [-0.4, -0.2) is 49.6 Å². The molecular formula is C25H32IN5O. The molecule has 0 saturated carbocycles. The molecule has 1 saturated heterocycles. The molecule has 0 amide bonds. The van der Waals surface area contributed by atoms with Gasteiger partial charge in [-0.25, -0.2) is 0 Å². The zero-order valence-corrected chi connectivity index (χ0v) is 21.1. The van der Waals surface area contributed by atoms with E-state index in [0.717, 1.165) is 47.8 Å². The first-order valence-electron chi connectivity index (χ1n) is 10.9. The molecule has 6 nitrogen and oxygen atoms in total. The lowest BCUT2D eigenvalue weighted by Gasteiger charge is -2.30. The van der Waals surface area contributed by atoms with Crippen LogP contribution in [0.2, 0.25) is 0 Å². The molecule has 4 rings (SSSR count). The second-order valence-electron chi connectivity index (χ2n) is 7.80. The van der Waals surface area contributed by atoms with Gasteiger partial charge in [-0.3, -0.25) is 14.9 Å². The molecule has 2 heterocycles. The van der Waals surface area contributed by atoms with Crippen molar-refractivity contribution in [3.63, 3.8) is 0 Å². The van der Waals surface area contributed by atoms with E-state index in [0.29, 0.717) is 6.54 Å². The number of para-hydroxylation sites is 2. The van der Waals surface area contributed by atoms with Crippen molar-refractivity contribution in [3.8, 4) is 5.75 Å². The minimum Gasteiger partial charge on any atom is -0.496 e. The van der Waals surface area contributed by atoms with E-state index in [2.05, 4.69) is 61.9 Å². The van der Waals surface area contributed by atoms with Gasteiger partial charge in [0.15, 0.2) is 5.96 Å². The number of rotatable bonds is 7. The predicted molar refractivity (Wildman–Crippen MR) is 142 cm³/mol. The lowest BCUT2D eigenvalue weighted by Crippen LogP contribution is -2.42. The molecule has 0 aliphatic carbocycles. The Morgan fingerprint density at radius 1 is 1.06 bits per heavy atom. The van der Waals surface area contributed by atoms with Gasteiger partial charge in [0.1, 0.15) is 5.75 Å². The van der Waals surface area contributed by atoms with E-state index in [-0.39, 0.29) is 30.0 Å². The third kappa shape index (κ3) is 5.69. The third-order valence-electron chi connectivity index (χ3n) is 5.93. The third-order valence-corrected chi connectivity index (χ3v) is 5.93. The number of methoxy groups -OCH3 is 1. The average Bonchev–Trinajstić information content (AvgIpc) is 3.36. The number of halogens is 1. The molecule has 1 aromatic heterocycles. The second-order valence-corrected chi connectivity index (χ2v) is 7.80. The molecule has 2 N–H and O–H groups in total. The molecule has 0 bridgehead atoms. The number of hydrogen-bond acceptors (Lipinski definition) is 4. The summed E-state index contributed by atoms with van der Waals surface area (Å²) >= 11 is 0. The van der Waals surface area contributed by atoms with Crippen LogP contribution in [0.15, 0.2) is 65.8 Å². The number of ether oxygens (including phenoxy) is 1. The number of guanidine groups is 1. The summed E-state index contributed by atoms with van der Waals surface area (Å²) < 4.78 is 5.66. The van der Waals surface area contributed by atoms with Crippen molar-refractivity contribution in [2.45, 2.75) is 25.4 Å². The maximum atomic E-state index is 5.66. The van der Waals surface area contributed by atoms with Crippen LogP contribution >= 0.6 is 24.0 Å². The van der Waals surface area contributed by atoms with Crippen LogP contribution in [0.3, 0.4) is 0 Å². The Bertz CT molecular complexity index is 1030. The van der Waals surface area contributed by atoms with Crippen molar-refractivity contribution >= 4 is 40.8 Å². The van der Waals surface area contributed by atoms with Gasteiger partial charge in [0.05, 0.1) is 18.7 Å². The molecule has 32 heavy (non-hydrogen) atoms. The van der Waals surface area contributed by atoms with Crippen LogP contribution in [0.4, 0.5) is 0 Å². The van der Waals surface area contributed by atoms with Crippen LogP contribution in [0.5, 0.6) is 5.75 Å². The molecule has 0 spiro atoms. The van der Waals surface area contributed by atoms with Crippen LogP contribution in [-0.2, 0) is 6.54 Å². The van der Waals surface area contributed by atoms with E-state index in [9.17, 15) is 0 Å². The molecule has 1 fully saturated rings. The fourth-order valence-corrected chi connectivity index (χ4v) is 4.33. The number of aliphatic imine (C=N–C) groups is 1. The van der Waals surface area contributed by atoms with Crippen molar-refractivity contribution in [1.82, 2.24) is 20.5 Å². The van der Waals surface area contributed by atoms with E-state index in [4.69, 9.17) is 4.74 Å². The fraction of sp³-hybridized carbons (Fsp3) is 0.360. The lowest BCUT2D eigenvalue weighted by molar-refractivity contribution is 0.239. The first-order chi connectivity index (χ1) is 15.3. The standard InChI is InChI=1S/C25H31N5O.HI/c1-26-25(28-17-20-10-7-9-19-11-8-14-27-24(19)20)29-18-22(30-15-5-6-16-30)21-12-3-4-13-23(21)31-2;/h3-4,7-14,22H,5-6,15-18H2,1-2H3,(H2,26,28,29);1H. The van der Waals surface area contributed by atoms with Gasteiger partial charge in [-0.1, -0.05) is 42.5 Å². The SMILES string of the molecule is CN=C(NCc1cccc2cccnc12)NCC(c1ccccc1OC)N1CCCC1.I. The van der Waals surface area contributed by atoms with Crippen LogP contribution in [0.25, 0.3) is 10.9 Å². The highest BCUT2D eigenvalue weighted by Gasteiger charge is 2.26. The predicted octanol–water partition coefficient (Wildman–Crippen LogP) is 4.36. The van der Waals surface area contributed by atoms with E-state index in [1.807, 2.05) is 31.4 Å². The average molecular weight is 545 g/mol. The Morgan fingerprint density at radius 3 is 2.62 bits per heavy atom. The molecule has 1 aliphatic heterocycles. The quantitative estimate of drug-likeness (QED) is 0.263. The van der Waals surface area contributed by atoms with Crippen molar-refractivity contribution in [1.29, 1.82) is 0 Å². The molecule has 170 valence electrons. The van der Waals surface area contributed by atoms with E-state index in [1.54, 1.807) is 7.11 Å². The molecule has 1 atom stereocenters. The maximum Gasteiger partial charge on any atom is 0.191 e. The lowest BCUT2D eigenvalue weighted by atomic mass is 10.0. The van der Waals surface area contributed by atoms with Gasteiger partial charge in [-0.05, 0) is 43.6 Å². The van der Waals surface area contributed by atoms with Gasteiger partial charge in [-0.15, -0.1) is 24.0 Å². The normalized spacial score (nSPS) is 15.2. The summed E-state index contributed by atoms with van der Waals surface area (Å²) in [5.41, 5.74) is 3.40. The first-order valence-corrected chi connectivity index (χ1v) is 10.9. The second kappa shape index (κ2) is 12.0. The maximum absolute atomic E-state index is 5.66. The summed E-state index contributed by atoms with van der Waals surface area (Å²) in [6, 6.07) is 18.9. The van der Waals surface area contributed by atoms with Gasteiger partial charge >= 0.3 is 0 Å². The van der Waals surface area contributed by atoms with Gasteiger partial charge < -0.3 is 15.4 Å². The monoisotopic (exact) mass is 545 g/mol. The number of hydrogen-bond donors (Lipinski definition) is 2. The number of nitrogens with zero attached hydrogens (tertiary/aromatic N) is 3. The van der Waals surface area contributed by atoms with Gasteiger partial charge in [0.25, 0.3) is 0 Å². The summed E-state index contributed by atoms with van der Waals surface area (Å²) in [6.45, 7) is 3.64. The summed E-state index contributed by atoms with van der Waals surface area (Å²) in [5, 5.41) is 8.14.